The van der Waals surface area contributed by atoms with Crippen LogP contribution in [0.3, 0.4) is 0 Å². The molecule has 84 heavy (non-hydrogen) atoms. The van der Waals surface area contributed by atoms with Crippen molar-refractivity contribution < 1.29 is 71.6 Å². The third-order valence-corrected chi connectivity index (χ3v) is 15.3. The minimum absolute atomic E-state index is 0.0270. The molecule has 17 nitrogen and oxygen atoms in total. The van der Waals surface area contributed by atoms with Crippen LogP contribution in [0.2, 0.25) is 0 Å². The molecule has 2 amide bonds. The van der Waals surface area contributed by atoms with Gasteiger partial charge in [0.2, 0.25) is 5.91 Å². The molecule has 1 aliphatic carbocycles. The second-order valence-corrected chi connectivity index (χ2v) is 21.1. The van der Waals surface area contributed by atoms with Crippen molar-refractivity contribution in [2.75, 3.05) is 26.4 Å². The number of nitrogens with one attached hydrogen (secondary N) is 2. The molecule has 3 aliphatic heterocycles. The third-order valence-electron chi connectivity index (χ3n) is 15.3. The lowest BCUT2D eigenvalue weighted by Gasteiger charge is -2.52. The number of hydrogen-bond donors (Lipinski definition) is 3. The van der Waals surface area contributed by atoms with Gasteiger partial charge in [-0.15, -0.1) is 0 Å². The highest BCUT2D eigenvalue weighted by Crippen LogP contribution is 2.45. The number of hydrogen-bond acceptors (Lipinski definition) is 14. The minimum atomic E-state index is -1.63. The third kappa shape index (κ3) is 14.5. The number of carbonyl (C=O) groups excluding carboxylic acids is 2. The molecule has 11 rings (SSSR count). The SMILES string of the molecule is CC(=O)N[C@H]1[C@@H](OC[C@H](NC(=O)OCC2c3ccccc3-c3ccccc32)C(=O)O)O[C@@H]2COC(c3ccccc3)O[C@@H]2[C@@H]1O[C@@H]1O[C@H](COCc2ccccc2)[C@H](OCc2ccccc2)[C@H](OCc2ccccc2)[C@H]1OCc1ccccc1. The van der Waals surface area contributed by atoms with Crippen molar-refractivity contribution >= 4 is 18.0 Å². The zero-order valence-electron chi connectivity index (χ0n) is 46.4. The van der Waals surface area contributed by atoms with Crippen LogP contribution < -0.4 is 10.6 Å². The van der Waals surface area contributed by atoms with E-state index in [2.05, 4.69) is 10.6 Å². The van der Waals surface area contributed by atoms with E-state index in [-0.39, 0.29) is 52.2 Å². The minimum Gasteiger partial charge on any atom is -0.480 e. The average Bonchev–Trinajstić information content (AvgIpc) is 2.17. The van der Waals surface area contributed by atoms with Crippen LogP contribution in [0.5, 0.6) is 0 Å². The Bertz CT molecular complexity index is 3170. The molecule has 3 N–H and O–H groups in total. The van der Waals surface area contributed by atoms with Crippen molar-refractivity contribution in [3.63, 3.8) is 0 Å². The van der Waals surface area contributed by atoms with Crippen LogP contribution in [0.15, 0.2) is 200 Å². The van der Waals surface area contributed by atoms with E-state index < -0.39 is 98.3 Å². The molecule has 7 aromatic rings. The predicted molar refractivity (Wildman–Crippen MR) is 307 cm³/mol. The first-order chi connectivity index (χ1) is 41.2. The van der Waals surface area contributed by atoms with Crippen LogP contribution in [0.25, 0.3) is 11.1 Å². The highest BCUT2D eigenvalue weighted by molar-refractivity contribution is 5.81. The second-order valence-electron chi connectivity index (χ2n) is 21.1. The lowest BCUT2D eigenvalue weighted by Crippen LogP contribution is -2.70. The number of aliphatic carboxylic acids is 1. The van der Waals surface area contributed by atoms with Crippen LogP contribution >= 0.6 is 0 Å². The Morgan fingerprint density at radius 1 is 0.548 bits per heavy atom. The molecule has 3 heterocycles. The Labute approximate surface area is 488 Å². The van der Waals surface area contributed by atoms with E-state index in [0.29, 0.717) is 5.56 Å². The van der Waals surface area contributed by atoms with Gasteiger partial charge >= 0.3 is 12.1 Å². The Morgan fingerprint density at radius 3 is 1.62 bits per heavy atom. The quantitative estimate of drug-likeness (QED) is 0.0517. The lowest BCUT2D eigenvalue weighted by molar-refractivity contribution is -0.384. The second kappa shape index (κ2) is 28.3. The number of fused-ring (bicyclic) bond motifs is 4. The molecule has 0 spiro atoms. The van der Waals surface area contributed by atoms with Gasteiger partial charge in [-0.3, -0.25) is 4.79 Å². The summed E-state index contributed by atoms with van der Waals surface area (Å²) in [5.74, 6) is -2.17. The molecule has 17 heteroatoms. The molecule has 0 saturated carbocycles. The molecule has 4 aliphatic rings. The van der Waals surface area contributed by atoms with E-state index >= 15 is 0 Å². The fourth-order valence-electron chi connectivity index (χ4n) is 11.2. The van der Waals surface area contributed by atoms with E-state index in [1.807, 2.05) is 200 Å². The van der Waals surface area contributed by atoms with Crippen LogP contribution in [-0.4, -0.2) is 117 Å². The first-order valence-corrected chi connectivity index (χ1v) is 28.3. The van der Waals surface area contributed by atoms with Crippen LogP contribution in [-0.2, 0) is 88.1 Å². The number of rotatable bonds is 24. The predicted octanol–water partition coefficient (Wildman–Crippen LogP) is 9.42. The van der Waals surface area contributed by atoms with Gasteiger partial charge in [0.15, 0.2) is 24.9 Å². The average molecular weight is 1140 g/mol. The van der Waals surface area contributed by atoms with Crippen molar-refractivity contribution in [3.05, 3.63) is 239 Å². The standard InChI is InChI=1S/C67H68N2O15/c1-43(70)68-57-60(59-56(42-79-64(83-59)48-29-15-6-16-30-48)81-65(57)78-40-54(63(71)72)69-67(73)80-39-53-51-33-19-17-31-49(51)50-32-18-20-34-52(50)53)84-66-62(77-38-47-27-13-5-14-28-47)61(76-37-46-25-11-4-12-26-46)58(75-36-45-23-9-3-10-24-45)55(82-66)41-74-35-44-21-7-2-8-22-44/h2-34,53-62,64-66H,35-42H2,1H3,(H,68,70)(H,69,73)(H,71,72)/t54-,55+,56+,57+,58-,59-,60+,61-,62+,64?,65-,66-/m0/s1. The van der Waals surface area contributed by atoms with Gasteiger partial charge in [0.1, 0.15) is 55.4 Å². The number of carboxylic acid groups (broad SMARTS) is 1. The van der Waals surface area contributed by atoms with E-state index in [0.717, 1.165) is 44.5 Å². The Balaban J connectivity index is 0.910. The normalized spacial score (nSPS) is 24.8. The van der Waals surface area contributed by atoms with Crippen molar-refractivity contribution in [2.24, 2.45) is 0 Å². The summed E-state index contributed by atoms with van der Waals surface area (Å²) in [4.78, 5) is 40.2. The zero-order valence-corrected chi connectivity index (χ0v) is 46.4. The first kappa shape index (κ1) is 58.1. The van der Waals surface area contributed by atoms with Gasteiger partial charge in [-0.25, -0.2) is 9.59 Å². The summed E-state index contributed by atoms with van der Waals surface area (Å²) in [6.45, 7) is 1.37. The summed E-state index contributed by atoms with van der Waals surface area (Å²) in [6, 6.07) is 61.4. The highest BCUT2D eigenvalue weighted by Gasteiger charge is 2.56. The molecule has 436 valence electrons. The topological polar surface area (TPSA) is 197 Å². The van der Waals surface area contributed by atoms with Gasteiger partial charge in [0.05, 0.1) is 46.2 Å². The molecule has 12 atom stereocenters. The summed E-state index contributed by atoms with van der Waals surface area (Å²) >= 11 is 0. The Morgan fingerprint density at radius 2 is 1.06 bits per heavy atom. The molecule has 1 unspecified atom stereocenters. The zero-order chi connectivity index (χ0) is 57.6. The van der Waals surface area contributed by atoms with Gasteiger partial charge < -0.3 is 67.8 Å². The fourth-order valence-corrected chi connectivity index (χ4v) is 11.2. The number of alkyl carbamates (subject to hydrolysis) is 1. The lowest BCUT2D eigenvalue weighted by atomic mass is 9.94. The van der Waals surface area contributed by atoms with Crippen molar-refractivity contribution in [1.82, 2.24) is 10.6 Å². The number of amides is 2. The van der Waals surface area contributed by atoms with Gasteiger partial charge in [-0.1, -0.05) is 200 Å². The van der Waals surface area contributed by atoms with E-state index in [1.54, 1.807) is 0 Å². The molecule has 3 fully saturated rings. The van der Waals surface area contributed by atoms with Crippen LogP contribution in [0, 0.1) is 0 Å². The van der Waals surface area contributed by atoms with E-state index in [4.69, 9.17) is 52.1 Å². The monoisotopic (exact) mass is 1140 g/mol. The van der Waals surface area contributed by atoms with Crippen molar-refractivity contribution in [1.29, 1.82) is 0 Å². The number of ether oxygens (including phenoxy) is 11. The molecule has 3 saturated heterocycles. The maximum Gasteiger partial charge on any atom is 0.407 e. The van der Waals surface area contributed by atoms with Gasteiger partial charge in [0.25, 0.3) is 0 Å². The van der Waals surface area contributed by atoms with Crippen molar-refractivity contribution in [3.8, 4) is 11.1 Å². The van der Waals surface area contributed by atoms with Crippen LogP contribution in [0.4, 0.5) is 4.79 Å². The van der Waals surface area contributed by atoms with E-state index in [1.165, 1.54) is 6.92 Å². The molecule has 0 aromatic heterocycles. The molecular weight excluding hydrogens is 1070 g/mol. The maximum absolute atomic E-state index is 13.6. The summed E-state index contributed by atoms with van der Waals surface area (Å²) in [6.07, 6.45) is -11.3. The Hall–Kier alpha value is -7.65. The largest absolute Gasteiger partial charge is 0.480 e. The van der Waals surface area contributed by atoms with Crippen LogP contribution in [0.1, 0.15) is 58.1 Å². The van der Waals surface area contributed by atoms with E-state index in [9.17, 15) is 19.5 Å². The number of carboxylic acids is 1. The van der Waals surface area contributed by atoms with Gasteiger partial charge in [-0.2, -0.15) is 0 Å². The maximum atomic E-state index is 13.6. The summed E-state index contributed by atoms with van der Waals surface area (Å²) in [7, 11) is 0. The van der Waals surface area contributed by atoms with Gasteiger partial charge in [0, 0.05) is 18.4 Å². The smallest absolute Gasteiger partial charge is 0.407 e. The fraction of sp³-hybridized carbons (Fsp3) is 0.328. The summed E-state index contributed by atoms with van der Waals surface area (Å²) < 4.78 is 73.9. The summed E-state index contributed by atoms with van der Waals surface area (Å²) in [5.41, 5.74) is 8.42. The number of benzene rings is 7. The summed E-state index contributed by atoms with van der Waals surface area (Å²) in [5, 5.41) is 16.1. The molecule has 7 aromatic carbocycles. The first-order valence-electron chi connectivity index (χ1n) is 28.3. The van der Waals surface area contributed by atoms with Crippen molar-refractivity contribution in [2.45, 2.75) is 113 Å². The van der Waals surface area contributed by atoms with Gasteiger partial charge in [-0.05, 0) is 44.5 Å². The Kier molecular flexibility index (Phi) is 19.6. The molecular formula is C67H68N2O15. The molecule has 0 radical (unpaired) electrons. The highest BCUT2D eigenvalue weighted by atomic mass is 16.8. The number of carbonyl (C=O) groups is 3. The molecule has 0 bridgehead atoms.